The molecular formula is C26H30Cl2Ti. The number of aryl methyl sites for hydroxylation is 2. The minimum Gasteiger partial charge on any atom is -1.00 e. The van der Waals surface area contributed by atoms with Crippen LogP contribution in [0.15, 0.2) is 35.4 Å². The van der Waals surface area contributed by atoms with Gasteiger partial charge < -0.3 is 24.8 Å². The molecule has 4 rings (SSSR count). The van der Waals surface area contributed by atoms with Crippen molar-refractivity contribution >= 4 is 11.1 Å². The molecule has 0 nitrogen and oxygen atoms in total. The van der Waals surface area contributed by atoms with E-state index >= 15 is 0 Å². The summed E-state index contributed by atoms with van der Waals surface area (Å²) in [4.78, 5) is 0. The van der Waals surface area contributed by atoms with Crippen molar-refractivity contribution in [3.63, 3.8) is 0 Å². The molecule has 152 valence electrons. The van der Waals surface area contributed by atoms with Gasteiger partial charge in [-0.1, -0.05) is 0 Å². The van der Waals surface area contributed by atoms with Crippen molar-refractivity contribution in [1.29, 1.82) is 0 Å². The van der Waals surface area contributed by atoms with Crippen molar-refractivity contribution in [2.24, 2.45) is 0 Å². The molecule has 2 aromatic rings. The zero-order chi connectivity index (χ0) is 19.6. The van der Waals surface area contributed by atoms with Crippen LogP contribution in [-0.4, -0.2) is 0 Å². The maximum absolute atomic E-state index is 2.42. The summed E-state index contributed by atoms with van der Waals surface area (Å²) < 4.78 is 1.33. The summed E-state index contributed by atoms with van der Waals surface area (Å²) in [7, 11) is 0. The Labute approximate surface area is 198 Å². The van der Waals surface area contributed by atoms with E-state index in [-0.39, 0.29) is 44.0 Å². The molecule has 0 N–H and O–H groups in total. The number of hydrogen-bond donors (Lipinski definition) is 0. The average Bonchev–Trinajstić information content (AvgIpc) is 3.02. The molecule has 0 amide bonds. The van der Waals surface area contributed by atoms with Crippen molar-refractivity contribution in [1.82, 2.24) is 0 Å². The molecule has 0 fully saturated rings. The van der Waals surface area contributed by atoms with Gasteiger partial charge in [0.05, 0.1) is 0 Å². The first-order valence-corrected chi connectivity index (χ1v) is 11.9. The van der Waals surface area contributed by atoms with Crippen LogP contribution in [0, 0.1) is 27.7 Å². The van der Waals surface area contributed by atoms with Crippen LogP contribution in [0.3, 0.4) is 0 Å². The molecule has 3 heteroatoms. The van der Waals surface area contributed by atoms with Gasteiger partial charge in [0.15, 0.2) is 0 Å². The third-order valence-corrected chi connectivity index (χ3v) is 10.7. The summed E-state index contributed by atoms with van der Waals surface area (Å²) in [6, 6.07) is 9.52. The fourth-order valence-electron chi connectivity index (χ4n) is 5.04. The number of rotatable bonds is 2. The van der Waals surface area contributed by atoms with E-state index in [9.17, 15) is 0 Å². The fraction of sp³-hybridized carbons (Fsp3) is 0.385. The van der Waals surface area contributed by atoms with Gasteiger partial charge in [-0.25, -0.2) is 0 Å². The van der Waals surface area contributed by atoms with Crippen molar-refractivity contribution < 1.29 is 44.0 Å². The minimum absolute atomic E-state index is 0. The molecular weight excluding hydrogens is 431 g/mol. The third-order valence-electron chi connectivity index (χ3n) is 7.29. The van der Waals surface area contributed by atoms with Crippen LogP contribution in [-0.2, 0) is 19.2 Å². The Hall–Kier alpha value is -0.786. The van der Waals surface area contributed by atoms with Crippen molar-refractivity contribution in [2.45, 2.75) is 63.8 Å². The van der Waals surface area contributed by atoms with Gasteiger partial charge >= 0.3 is 174 Å². The van der Waals surface area contributed by atoms with Gasteiger partial charge in [0.1, 0.15) is 0 Å². The van der Waals surface area contributed by atoms with E-state index in [0.717, 1.165) is 0 Å². The number of hydrogen-bond acceptors (Lipinski definition) is 0. The van der Waals surface area contributed by atoms with Gasteiger partial charge in [-0.3, -0.25) is 0 Å². The molecule has 0 aliphatic heterocycles. The zero-order valence-electron chi connectivity index (χ0n) is 18.7. The molecule has 29 heavy (non-hydrogen) atoms. The van der Waals surface area contributed by atoms with E-state index in [1.165, 1.54) is 33.4 Å². The van der Waals surface area contributed by atoms with E-state index in [1.54, 1.807) is 33.4 Å². The van der Waals surface area contributed by atoms with E-state index in [1.807, 2.05) is 0 Å². The van der Waals surface area contributed by atoms with E-state index < -0.39 is 0 Å². The maximum atomic E-state index is 2.42. The molecule has 0 aromatic heterocycles. The molecule has 0 saturated carbocycles. The van der Waals surface area contributed by atoms with Gasteiger partial charge in [0.2, 0.25) is 0 Å². The molecule has 0 spiro atoms. The first-order chi connectivity index (χ1) is 12.7. The minimum atomic E-state index is -0.226. The van der Waals surface area contributed by atoms with Crippen molar-refractivity contribution in [3.8, 4) is 0 Å². The molecule has 2 atom stereocenters. The van der Waals surface area contributed by atoms with Crippen LogP contribution in [0.4, 0.5) is 0 Å². The molecule has 0 radical (unpaired) electrons. The Morgan fingerprint density at radius 2 is 0.897 bits per heavy atom. The summed E-state index contributed by atoms with van der Waals surface area (Å²) in [5, 5.41) is 0. The van der Waals surface area contributed by atoms with Crippen LogP contribution in [0.5, 0.6) is 0 Å². The van der Waals surface area contributed by atoms with Crippen LogP contribution >= 0.6 is 0 Å². The maximum Gasteiger partial charge on any atom is -1.00 e. The SMILES string of the molecule is CC1=C(C)[CH]([Ti+2][CH]2C(C)=C(C)c3c2ccc(C)c3C)c2ccc(C)c(C)c21.[Cl-].[Cl-]. The second-order valence-electron chi connectivity index (χ2n) is 8.59. The van der Waals surface area contributed by atoms with Gasteiger partial charge in [0.25, 0.3) is 0 Å². The van der Waals surface area contributed by atoms with E-state index in [0.29, 0.717) is 8.45 Å². The number of halogens is 2. The summed E-state index contributed by atoms with van der Waals surface area (Å²) in [6.07, 6.45) is 0. The summed E-state index contributed by atoms with van der Waals surface area (Å²) in [5.74, 6) is 0. The van der Waals surface area contributed by atoms with Crippen LogP contribution in [0.2, 0.25) is 0 Å². The third kappa shape index (κ3) is 3.61. The standard InChI is InChI=1S/2C13H15.2ClH.Ti/c2*1-8-5-6-12-7-9(2)11(4)13(12)10(8)3;;;/h2*5-7H,1-4H3;2*1H;/q;;;;+2/p-2. The van der Waals surface area contributed by atoms with Crippen LogP contribution < -0.4 is 24.8 Å². The molecule has 2 aliphatic carbocycles. The normalized spacial score (nSPS) is 19.4. The van der Waals surface area contributed by atoms with Gasteiger partial charge in [-0.2, -0.15) is 0 Å². The average molecular weight is 461 g/mol. The van der Waals surface area contributed by atoms with Crippen LogP contribution in [0.25, 0.3) is 11.1 Å². The van der Waals surface area contributed by atoms with E-state index in [4.69, 9.17) is 0 Å². The summed E-state index contributed by atoms with van der Waals surface area (Å²) >= 11 is -0.226. The monoisotopic (exact) mass is 460 g/mol. The predicted molar refractivity (Wildman–Crippen MR) is 114 cm³/mol. The number of benzene rings is 2. The Bertz CT molecular complexity index is 960. The Balaban J connectivity index is 0.00000150. The quantitative estimate of drug-likeness (QED) is 0.594. The smallest absolute Gasteiger partial charge is 1.00 e. The molecule has 2 aliphatic rings. The second-order valence-corrected chi connectivity index (χ2v) is 10.9. The van der Waals surface area contributed by atoms with Crippen molar-refractivity contribution in [2.75, 3.05) is 0 Å². The zero-order valence-corrected chi connectivity index (χ0v) is 21.8. The summed E-state index contributed by atoms with van der Waals surface area (Å²) in [6.45, 7) is 18.6. The van der Waals surface area contributed by atoms with Gasteiger partial charge in [0, 0.05) is 0 Å². The largest absolute Gasteiger partial charge is 1.00 e. The molecule has 0 bridgehead atoms. The number of allylic oxidation sites excluding steroid dienone is 4. The first kappa shape index (κ1) is 24.5. The predicted octanol–water partition coefficient (Wildman–Crippen LogP) is 1.41. The first-order valence-electron chi connectivity index (χ1n) is 10.1. The molecule has 0 heterocycles. The fourth-order valence-corrected chi connectivity index (χ4v) is 8.33. The van der Waals surface area contributed by atoms with Gasteiger partial charge in [-0.15, -0.1) is 0 Å². The Morgan fingerprint density at radius 1 is 0.552 bits per heavy atom. The molecule has 2 unspecified atom stereocenters. The Morgan fingerprint density at radius 3 is 1.24 bits per heavy atom. The molecule has 0 saturated heterocycles. The topological polar surface area (TPSA) is 0 Å². The second kappa shape index (κ2) is 8.76. The number of fused-ring (bicyclic) bond motifs is 2. The van der Waals surface area contributed by atoms with Crippen LogP contribution in [0.1, 0.15) is 80.6 Å². The van der Waals surface area contributed by atoms with Crippen molar-refractivity contribution in [3.05, 3.63) is 79.9 Å². The Kier molecular flexibility index (Phi) is 7.39. The van der Waals surface area contributed by atoms with Gasteiger partial charge in [-0.05, 0) is 0 Å². The van der Waals surface area contributed by atoms with E-state index in [2.05, 4.69) is 79.7 Å². The summed E-state index contributed by atoms with van der Waals surface area (Å²) in [5.41, 5.74) is 18.5. The molecule has 2 aromatic carbocycles.